The van der Waals surface area contributed by atoms with Crippen molar-refractivity contribution in [3.63, 3.8) is 0 Å². The summed E-state index contributed by atoms with van der Waals surface area (Å²) in [4.78, 5) is 24.8. The van der Waals surface area contributed by atoms with E-state index in [1.807, 2.05) is 0 Å². The Hall–Kier alpha value is -1.32. The van der Waals surface area contributed by atoms with Gasteiger partial charge >= 0.3 is 0 Å². The van der Waals surface area contributed by atoms with Gasteiger partial charge in [0.25, 0.3) is 5.91 Å². The summed E-state index contributed by atoms with van der Waals surface area (Å²) in [5, 5.41) is 0.947. The minimum Gasteiger partial charge on any atom is -0.279 e. The second kappa shape index (κ2) is 6.22. The SMILES string of the molecule is O=C(/C=C/c1c(Cl)cccc1Cl)N1CCCCC1=O. The molecule has 2 amide bonds. The van der Waals surface area contributed by atoms with Crippen LogP contribution in [0.2, 0.25) is 10.0 Å². The number of likely N-dealkylation sites (tertiary alicyclic amines) is 1. The molecule has 0 N–H and O–H groups in total. The van der Waals surface area contributed by atoms with E-state index in [2.05, 4.69) is 0 Å². The number of amides is 2. The number of nitrogens with zero attached hydrogens (tertiary/aromatic N) is 1. The Labute approximate surface area is 121 Å². The van der Waals surface area contributed by atoms with E-state index in [1.54, 1.807) is 24.3 Å². The number of hydrogen-bond acceptors (Lipinski definition) is 2. The van der Waals surface area contributed by atoms with E-state index in [1.165, 1.54) is 11.0 Å². The van der Waals surface area contributed by atoms with Crippen LogP contribution in [0.25, 0.3) is 6.08 Å². The number of imide groups is 1. The van der Waals surface area contributed by atoms with E-state index >= 15 is 0 Å². The van der Waals surface area contributed by atoms with Crippen molar-refractivity contribution in [2.45, 2.75) is 19.3 Å². The summed E-state index contributed by atoms with van der Waals surface area (Å²) < 4.78 is 0. The second-order valence-corrected chi connectivity index (χ2v) is 5.12. The van der Waals surface area contributed by atoms with Crippen molar-refractivity contribution in [1.29, 1.82) is 0 Å². The van der Waals surface area contributed by atoms with Crippen LogP contribution in [0.5, 0.6) is 0 Å². The lowest BCUT2D eigenvalue weighted by Gasteiger charge is -2.23. The van der Waals surface area contributed by atoms with Gasteiger partial charge in [0, 0.05) is 34.7 Å². The Bertz CT molecular complexity index is 520. The minimum atomic E-state index is -0.319. The van der Waals surface area contributed by atoms with Crippen LogP contribution in [0.3, 0.4) is 0 Å². The first kappa shape index (κ1) is 14.1. The number of piperidine rings is 1. The Balaban J connectivity index is 2.14. The molecule has 19 heavy (non-hydrogen) atoms. The molecule has 100 valence electrons. The normalized spacial score (nSPS) is 16.1. The molecule has 1 saturated heterocycles. The van der Waals surface area contributed by atoms with E-state index < -0.39 is 0 Å². The minimum absolute atomic E-state index is 0.119. The molecule has 5 heteroatoms. The maximum atomic E-state index is 11.9. The third-order valence-electron chi connectivity index (χ3n) is 2.98. The standard InChI is InChI=1S/C14H13Cl2NO2/c15-11-4-3-5-12(16)10(11)7-8-14(19)17-9-2-1-6-13(17)18/h3-5,7-8H,1-2,6,9H2/b8-7+. The van der Waals surface area contributed by atoms with Crippen molar-refractivity contribution in [3.8, 4) is 0 Å². The van der Waals surface area contributed by atoms with Gasteiger partial charge in [-0.2, -0.15) is 0 Å². The number of carbonyl (C=O) groups is 2. The van der Waals surface area contributed by atoms with Gasteiger partial charge < -0.3 is 0 Å². The van der Waals surface area contributed by atoms with E-state index in [0.717, 1.165) is 12.8 Å². The topological polar surface area (TPSA) is 37.4 Å². The summed E-state index contributed by atoms with van der Waals surface area (Å²) in [5.41, 5.74) is 0.587. The molecule has 3 nitrogen and oxygen atoms in total. The molecule has 0 unspecified atom stereocenters. The molecule has 1 aromatic carbocycles. The molecule has 1 fully saturated rings. The number of rotatable bonds is 2. The zero-order chi connectivity index (χ0) is 13.8. The Kier molecular flexibility index (Phi) is 4.61. The summed E-state index contributed by atoms with van der Waals surface area (Å²) in [7, 11) is 0. The van der Waals surface area contributed by atoms with Crippen LogP contribution < -0.4 is 0 Å². The Morgan fingerprint density at radius 3 is 2.53 bits per heavy atom. The molecular formula is C14H13Cl2NO2. The van der Waals surface area contributed by atoms with Gasteiger partial charge in [-0.25, -0.2) is 0 Å². The molecule has 0 atom stereocenters. The molecule has 1 aliphatic heterocycles. The molecule has 0 bridgehead atoms. The lowest BCUT2D eigenvalue weighted by atomic mass is 10.1. The van der Waals surface area contributed by atoms with Gasteiger partial charge in [-0.15, -0.1) is 0 Å². The molecule has 0 aliphatic carbocycles. The van der Waals surface area contributed by atoms with Crippen molar-refractivity contribution >= 4 is 41.1 Å². The van der Waals surface area contributed by atoms with Crippen LogP contribution >= 0.6 is 23.2 Å². The molecule has 0 aromatic heterocycles. The predicted molar refractivity (Wildman–Crippen MR) is 76.1 cm³/mol. The van der Waals surface area contributed by atoms with Crippen LogP contribution in [-0.2, 0) is 9.59 Å². The number of hydrogen-bond donors (Lipinski definition) is 0. The highest BCUT2D eigenvalue weighted by atomic mass is 35.5. The first-order valence-corrected chi connectivity index (χ1v) is 6.81. The van der Waals surface area contributed by atoms with E-state index in [-0.39, 0.29) is 11.8 Å². The molecule has 1 aromatic rings. The Morgan fingerprint density at radius 1 is 1.21 bits per heavy atom. The maximum Gasteiger partial charge on any atom is 0.253 e. The van der Waals surface area contributed by atoms with E-state index in [4.69, 9.17) is 23.2 Å². The molecule has 0 radical (unpaired) electrons. The quantitative estimate of drug-likeness (QED) is 0.783. The van der Waals surface area contributed by atoms with E-state index in [0.29, 0.717) is 28.6 Å². The predicted octanol–water partition coefficient (Wildman–Crippen LogP) is 3.55. The highest BCUT2D eigenvalue weighted by Gasteiger charge is 2.22. The van der Waals surface area contributed by atoms with Crippen LogP contribution in [-0.4, -0.2) is 23.3 Å². The lowest BCUT2D eigenvalue weighted by Crippen LogP contribution is -2.39. The summed E-state index contributed by atoms with van der Waals surface area (Å²) >= 11 is 12.0. The number of carbonyl (C=O) groups excluding carboxylic acids is 2. The Morgan fingerprint density at radius 2 is 1.89 bits per heavy atom. The molecule has 1 heterocycles. The number of benzene rings is 1. The number of halogens is 2. The average Bonchev–Trinajstić information content (AvgIpc) is 2.38. The van der Waals surface area contributed by atoms with Gasteiger partial charge in [-0.3, -0.25) is 14.5 Å². The van der Waals surface area contributed by atoms with Crippen molar-refractivity contribution in [1.82, 2.24) is 4.90 Å². The monoisotopic (exact) mass is 297 g/mol. The van der Waals surface area contributed by atoms with Crippen LogP contribution in [0.4, 0.5) is 0 Å². The third-order valence-corrected chi connectivity index (χ3v) is 3.64. The molecule has 1 aliphatic rings. The maximum absolute atomic E-state index is 11.9. The summed E-state index contributed by atoms with van der Waals surface area (Å²) in [5.74, 6) is -0.438. The van der Waals surface area contributed by atoms with Crippen LogP contribution in [0.1, 0.15) is 24.8 Å². The first-order chi connectivity index (χ1) is 9.09. The fourth-order valence-electron chi connectivity index (χ4n) is 1.95. The smallest absolute Gasteiger partial charge is 0.253 e. The largest absolute Gasteiger partial charge is 0.279 e. The van der Waals surface area contributed by atoms with Gasteiger partial charge in [0.05, 0.1) is 0 Å². The summed E-state index contributed by atoms with van der Waals surface area (Å²) in [6.45, 7) is 0.484. The first-order valence-electron chi connectivity index (χ1n) is 6.06. The summed E-state index contributed by atoms with van der Waals surface area (Å²) in [6, 6.07) is 5.13. The van der Waals surface area contributed by atoms with Gasteiger partial charge in [0.1, 0.15) is 0 Å². The highest BCUT2D eigenvalue weighted by molar-refractivity contribution is 6.37. The van der Waals surface area contributed by atoms with E-state index in [9.17, 15) is 9.59 Å². The van der Waals surface area contributed by atoms with Crippen molar-refractivity contribution in [2.24, 2.45) is 0 Å². The van der Waals surface area contributed by atoms with Crippen LogP contribution in [0, 0.1) is 0 Å². The average molecular weight is 298 g/mol. The lowest BCUT2D eigenvalue weighted by molar-refractivity contribution is -0.143. The van der Waals surface area contributed by atoms with Gasteiger partial charge in [-0.1, -0.05) is 29.3 Å². The summed E-state index contributed by atoms with van der Waals surface area (Å²) in [6.07, 6.45) is 5.04. The zero-order valence-electron chi connectivity index (χ0n) is 10.2. The zero-order valence-corrected chi connectivity index (χ0v) is 11.7. The van der Waals surface area contributed by atoms with Crippen molar-refractivity contribution in [2.75, 3.05) is 6.54 Å². The van der Waals surface area contributed by atoms with Gasteiger partial charge in [-0.05, 0) is 31.1 Å². The second-order valence-electron chi connectivity index (χ2n) is 4.31. The van der Waals surface area contributed by atoms with Crippen molar-refractivity contribution < 1.29 is 9.59 Å². The van der Waals surface area contributed by atoms with Gasteiger partial charge in [0.2, 0.25) is 5.91 Å². The fraction of sp³-hybridized carbons (Fsp3) is 0.286. The molecule has 2 rings (SSSR count). The fourth-order valence-corrected chi connectivity index (χ4v) is 2.48. The molecular weight excluding hydrogens is 285 g/mol. The molecule has 0 saturated carbocycles. The molecule has 0 spiro atoms. The van der Waals surface area contributed by atoms with Crippen molar-refractivity contribution in [3.05, 3.63) is 39.9 Å². The van der Waals surface area contributed by atoms with Crippen LogP contribution in [0.15, 0.2) is 24.3 Å². The highest BCUT2D eigenvalue weighted by Crippen LogP contribution is 2.25. The van der Waals surface area contributed by atoms with Gasteiger partial charge in [0.15, 0.2) is 0 Å². The third kappa shape index (κ3) is 3.37.